The van der Waals surface area contributed by atoms with Crippen LogP contribution in [0.3, 0.4) is 0 Å². The van der Waals surface area contributed by atoms with Gasteiger partial charge in [0.15, 0.2) is 0 Å². The first-order chi connectivity index (χ1) is 28.1. The Kier molecular flexibility index (Phi) is 12.2. The van der Waals surface area contributed by atoms with Crippen LogP contribution in [-0.2, 0) is 23.1 Å². The maximum absolute atomic E-state index is 13.9. The number of hydrogen-bond donors (Lipinski definition) is 2. The predicted molar refractivity (Wildman–Crippen MR) is 224 cm³/mol. The fourth-order valence-corrected chi connectivity index (χ4v) is 8.11. The van der Waals surface area contributed by atoms with Crippen molar-refractivity contribution in [1.82, 2.24) is 14.2 Å². The molecule has 0 aliphatic carbocycles. The summed E-state index contributed by atoms with van der Waals surface area (Å²) < 4.78 is 37.4. The average molecular weight is 819 g/mol. The lowest BCUT2D eigenvalue weighted by atomic mass is 9.99. The number of pyridine rings is 1. The van der Waals surface area contributed by atoms with Crippen molar-refractivity contribution in [3.05, 3.63) is 176 Å². The number of para-hydroxylation sites is 2. The Bertz CT molecular complexity index is 2600. The summed E-state index contributed by atoms with van der Waals surface area (Å²) in [7, 11) is -4.69. The number of aromatic nitrogens is 1. The first-order valence-corrected chi connectivity index (χ1v) is 20.3. The molecular formula is C43H39ClN6O7S. The molecule has 1 saturated heterocycles. The number of nitrogens with one attached hydrogen (secondary N) is 2. The van der Waals surface area contributed by atoms with Gasteiger partial charge in [-0.15, -0.1) is 0 Å². The smallest absolute Gasteiger partial charge is 0.293 e. The van der Waals surface area contributed by atoms with Gasteiger partial charge in [-0.3, -0.25) is 24.6 Å². The van der Waals surface area contributed by atoms with Crippen LogP contribution in [0.4, 0.5) is 17.1 Å². The van der Waals surface area contributed by atoms with Crippen LogP contribution < -0.4 is 25.2 Å². The molecule has 1 aromatic heterocycles. The van der Waals surface area contributed by atoms with Crippen LogP contribution in [0.2, 0.25) is 5.02 Å². The second-order valence-electron chi connectivity index (χ2n) is 13.5. The maximum Gasteiger partial charge on any atom is 0.293 e. The lowest BCUT2D eigenvalue weighted by Crippen LogP contribution is -2.46. The Balaban J connectivity index is 1.09. The van der Waals surface area contributed by atoms with E-state index in [0.29, 0.717) is 23.9 Å². The number of nitro benzene ring substituents is 1. The van der Waals surface area contributed by atoms with E-state index >= 15 is 0 Å². The number of carbonyl (C=O) groups excluding carboxylic acids is 1. The second kappa shape index (κ2) is 17.8. The van der Waals surface area contributed by atoms with Gasteiger partial charge in [0.1, 0.15) is 22.1 Å². The quantitative estimate of drug-likeness (QED) is 0.0838. The summed E-state index contributed by atoms with van der Waals surface area (Å²) in [6.07, 6.45) is 1.55. The highest BCUT2D eigenvalue weighted by Gasteiger charge is 2.29. The van der Waals surface area contributed by atoms with E-state index < -0.39 is 31.4 Å². The van der Waals surface area contributed by atoms with Gasteiger partial charge < -0.3 is 19.5 Å². The van der Waals surface area contributed by atoms with E-state index in [2.05, 4.69) is 32.0 Å². The highest BCUT2D eigenvalue weighted by Crippen LogP contribution is 2.34. The van der Waals surface area contributed by atoms with Crippen LogP contribution in [0, 0.1) is 10.1 Å². The number of hydrogen-bond acceptors (Lipinski definition) is 10. The number of anilines is 2. The minimum atomic E-state index is -4.69. The summed E-state index contributed by atoms with van der Waals surface area (Å²) in [5.41, 5.74) is 3.06. The highest BCUT2D eigenvalue weighted by atomic mass is 35.5. The van der Waals surface area contributed by atoms with Gasteiger partial charge in [-0.2, -0.15) is 0 Å². The fraction of sp³-hybridized carbons (Fsp3) is 0.163. The first-order valence-electron chi connectivity index (χ1n) is 18.5. The molecule has 296 valence electrons. The number of halogens is 1. The predicted octanol–water partition coefficient (Wildman–Crippen LogP) is 7.42. The van der Waals surface area contributed by atoms with Gasteiger partial charge in [0.2, 0.25) is 0 Å². The Hall–Kier alpha value is -6.48. The number of carbonyl (C=O) groups is 1. The van der Waals surface area contributed by atoms with Gasteiger partial charge in [-0.05, 0) is 65.2 Å². The van der Waals surface area contributed by atoms with Gasteiger partial charge in [0.05, 0.1) is 10.5 Å². The standard InChI is InChI=1S/C43H39ClN6O7S/c44-33-18-16-31(17-19-33)36-12-5-4-9-32(36)30-47-25-27-48(28-26-47)34-20-21-37(39(29-34)57-35-10-2-1-3-11-35)43(52)46-58(55,56)40-14-8-13-38(50(53)54)42(40)45-22-24-49-23-7-6-15-41(49)51/h1-21,23,29,45H,22,24-28,30H2,(H,46,52). The zero-order chi connectivity index (χ0) is 40.6. The molecule has 6 aromatic rings. The number of nitrogens with zero attached hydrogens (tertiary/aromatic N) is 4. The molecule has 1 aliphatic rings. The molecule has 5 aromatic carbocycles. The van der Waals surface area contributed by atoms with E-state index in [-0.39, 0.29) is 35.6 Å². The SMILES string of the molecule is O=C(NS(=O)(=O)c1cccc([N+](=O)[O-])c1NCCn1ccccc1=O)c1ccc(N2CCN(Cc3ccccc3-c3ccc(Cl)cc3)CC2)cc1Oc1ccccc1. The van der Waals surface area contributed by atoms with Gasteiger partial charge in [0, 0.05) is 80.9 Å². The third-order valence-corrected chi connectivity index (χ3v) is 11.4. The van der Waals surface area contributed by atoms with Gasteiger partial charge in [-0.1, -0.05) is 78.3 Å². The number of amides is 1. The Morgan fingerprint density at radius 3 is 2.29 bits per heavy atom. The van der Waals surface area contributed by atoms with Crippen LogP contribution in [-0.4, -0.2) is 61.4 Å². The zero-order valence-corrected chi connectivity index (χ0v) is 32.7. The largest absolute Gasteiger partial charge is 0.456 e. The lowest BCUT2D eigenvalue weighted by Gasteiger charge is -2.36. The van der Waals surface area contributed by atoms with Crippen molar-refractivity contribution >= 4 is 44.6 Å². The topological polar surface area (TPSA) is 156 Å². The van der Waals surface area contributed by atoms with E-state index in [9.17, 15) is 28.1 Å². The molecule has 0 bridgehead atoms. The Labute approximate surface area is 340 Å². The summed E-state index contributed by atoms with van der Waals surface area (Å²) in [5.74, 6) is -0.431. The molecule has 1 fully saturated rings. The molecule has 1 amide bonds. The summed E-state index contributed by atoms with van der Waals surface area (Å²) in [6, 6.07) is 38.1. The van der Waals surface area contributed by atoms with E-state index in [4.69, 9.17) is 16.3 Å². The zero-order valence-electron chi connectivity index (χ0n) is 31.2. The number of rotatable bonds is 14. The van der Waals surface area contributed by atoms with Crippen LogP contribution in [0.15, 0.2) is 149 Å². The van der Waals surface area contributed by atoms with E-state index in [0.717, 1.165) is 42.5 Å². The minimum absolute atomic E-state index is 0.0211. The minimum Gasteiger partial charge on any atom is -0.456 e. The van der Waals surface area contributed by atoms with Crippen LogP contribution in [0.25, 0.3) is 11.1 Å². The highest BCUT2D eigenvalue weighted by molar-refractivity contribution is 7.90. The Morgan fingerprint density at radius 2 is 1.55 bits per heavy atom. The summed E-state index contributed by atoms with van der Waals surface area (Å²) >= 11 is 6.14. The normalized spacial score (nSPS) is 13.2. The molecule has 2 N–H and O–H groups in total. The third kappa shape index (κ3) is 9.37. The van der Waals surface area contributed by atoms with Crippen LogP contribution >= 0.6 is 11.6 Å². The molecular weight excluding hydrogens is 780 g/mol. The van der Waals surface area contributed by atoms with Crippen molar-refractivity contribution in [2.24, 2.45) is 0 Å². The lowest BCUT2D eigenvalue weighted by molar-refractivity contribution is -0.384. The molecule has 13 nitrogen and oxygen atoms in total. The molecule has 0 atom stereocenters. The molecule has 7 rings (SSSR count). The molecule has 0 spiro atoms. The van der Waals surface area contributed by atoms with Crippen molar-refractivity contribution < 1.29 is 22.9 Å². The molecule has 15 heteroatoms. The van der Waals surface area contributed by atoms with E-state index in [1.165, 1.54) is 34.4 Å². The number of ether oxygens (including phenoxy) is 1. The van der Waals surface area contributed by atoms with Gasteiger partial charge in [0.25, 0.3) is 27.2 Å². The van der Waals surface area contributed by atoms with Crippen molar-refractivity contribution in [3.8, 4) is 22.6 Å². The third-order valence-electron chi connectivity index (χ3n) is 9.76. The molecule has 1 aliphatic heterocycles. The summed E-state index contributed by atoms with van der Waals surface area (Å²) in [4.78, 5) is 41.4. The molecule has 2 heterocycles. The summed E-state index contributed by atoms with van der Waals surface area (Å²) in [5, 5.41) is 15.5. The maximum atomic E-state index is 13.9. The average Bonchev–Trinajstić information content (AvgIpc) is 3.22. The first kappa shape index (κ1) is 39.7. The van der Waals surface area contributed by atoms with Crippen LogP contribution in [0.1, 0.15) is 15.9 Å². The number of nitro groups is 1. The van der Waals surface area contributed by atoms with Gasteiger partial charge >= 0.3 is 0 Å². The number of benzene rings is 5. The van der Waals surface area contributed by atoms with Gasteiger partial charge in [-0.25, -0.2) is 13.1 Å². The number of sulfonamides is 1. The fourth-order valence-electron chi connectivity index (χ4n) is 6.82. The van der Waals surface area contributed by atoms with E-state index in [1.807, 2.05) is 42.5 Å². The van der Waals surface area contributed by atoms with Crippen molar-refractivity contribution in [1.29, 1.82) is 0 Å². The molecule has 0 radical (unpaired) electrons. The van der Waals surface area contributed by atoms with Crippen molar-refractivity contribution in [2.45, 2.75) is 18.0 Å². The Morgan fingerprint density at radius 1 is 0.828 bits per heavy atom. The van der Waals surface area contributed by atoms with Crippen LogP contribution in [0.5, 0.6) is 11.5 Å². The number of piperazine rings is 1. The monoisotopic (exact) mass is 818 g/mol. The molecule has 58 heavy (non-hydrogen) atoms. The molecule has 0 saturated carbocycles. The van der Waals surface area contributed by atoms with E-state index in [1.54, 1.807) is 54.7 Å². The second-order valence-corrected chi connectivity index (χ2v) is 15.6. The van der Waals surface area contributed by atoms with Crippen molar-refractivity contribution in [2.75, 3.05) is 42.9 Å². The summed E-state index contributed by atoms with van der Waals surface area (Å²) in [6.45, 7) is 3.75. The van der Waals surface area contributed by atoms with Crippen molar-refractivity contribution in [3.63, 3.8) is 0 Å². The molecule has 0 unspecified atom stereocenters.